The lowest BCUT2D eigenvalue weighted by Crippen LogP contribution is -2.47. The number of nitriles is 1. The van der Waals surface area contributed by atoms with Crippen LogP contribution in [0.1, 0.15) is 26.4 Å². The highest BCUT2D eigenvalue weighted by Crippen LogP contribution is 2.25. The first kappa shape index (κ1) is 18.5. The average molecular weight is 367 g/mol. The SMILES string of the molecule is COC(=O)c1c(N)c(C#N)cn1-c1cccc(C(=O)N2CCN(C)CC2)c1. The van der Waals surface area contributed by atoms with E-state index in [1.54, 1.807) is 24.3 Å². The van der Waals surface area contributed by atoms with E-state index in [1.807, 2.05) is 18.0 Å². The molecule has 140 valence electrons. The van der Waals surface area contributed by atoms with Crippen molar-refractivity contribution in [1.29, 1.82) is 5.26 Å². The molecule has 0 bridgehead atoms. The third-order valence-corrected chi connectivity index (χ3v) is 4.71. The van der Waals surface area contributed by atoms with Crippen LogP contribution in [0.4, 0.5) is 5.69 Å². The first-order valence-corrected chi connectivity index (χ1v) is 8.53. The zero-order valence-corrected chi connectivity index (χ0v) is 15.3. The Morgan fingerprint density at radius 1 is 1.22 bits per heavy atom. The number of benzene rings is 1. The molecule has 1 aliphatic rings. The van der Waals surface area contributed by atoms with E-state index < -0.39 is 5.97 Å². The Kier molecular flexibility index (Phi) is 5.14. The number of carbonyl (C=O) groups excluding carboxylic acids is 2. The Bertz CT molecular complexity index is 920. The molecule has 0 spiro atoms. The second-order valence-corrected chi connectivity index (χ2v) is 6.42. The number of nitrogens with two attached hydrogens (primary N) is 1. The van der Waals surface area contributed by atoms with Gasteiger partial charge in [0.05, 0.1) is 18.4 Å². The molecule has 2 aromatic rings. The highest BCUT2D eigenvalue weighted by Gasteiger charge is 2.24. The van der Waals surface area contributed by atoms with Gasteiger partial charge in [0.15, 0.2) is 5.69 Å². The molecule has 1 fully saturated rings. The maximum Gasteiger partial charge on any atom is 0.357 e. The number of likely N-dealkylation sites (N-methyl/N-ethyl adjacent to an activating group) is 1. The normalized spacial score (nSPS) is 14.6. The molecule has 27 heavy (non-hydrogen) atoms. The Morgan fingerprint density at radius 3 is 2.56 bits per heavy atom. The number of ether oxygens (including phenoxy) is 1. The number of amides is 1. The highest BCUT2D eigenvalue weighted by atomic mass is 16.5. The smallest absolute Gasteiger partial charge is 0.357 e. The van der Waals surface area contributed by atoms with E-state index in [0.29, 0.717) is 24.3 Å². The van der Waals surface area contributed by atoms with E-state index in [1.165, 1.54) is 17.9 Å². The fourth-order valence-corrected chi connectivity index (χ4v) is 3.10. The molecule has 8 nitrogen and oxygen atoms in total. The number of hydrogen-bond donors (Lipinski definition) is 1. The molecule has 1 saturated heterocycles. The van der Waals surface area contributed by atoms with Crippen molar-refractivity contribution in [1.82, 2.24) is 14.4 Å². The molecule has 0 atom stereocenters. The summed E-state index contributed by atoms with van der Waals surface area (Å²) in [5.41, 5.74) is 7.30. The standard InChI is InChI=1S/C19H21N5O3/c1-22-6-8-23(9-7-22)18(25)13-4-3-5-15(10-13)24-12-14(11-20)16(21)17(24)19(26)27-2/h3-5,10,12H,6-9,21H2,1-2H3. The van der Waals surface area contributed by atoms with Crippen molar-refractivity contribution in [2.45, 2.75) is 0 Å². The lowest BCUT2D eigenvalue weighted by Gasteiger charge is -2.32. The van der Waals surface area contributed by atoms with Crippen LogP contribution in [0, 0.1) is 11.3 Å². The monoisotopic (exact) mass is 367 g/mol. The number of methoxy groups -OCH3 is 1. The zero-order valence-electron chi connectivity index (χ0n) is 15.3. The van der Waals surface area contributed by atoms with Gasteiger partial charge in [0.25, 0.3) is 5.91 Å². The van der Waals surface area contributed by atoms with Gasteiger partial charge in [0.2, 0.25) is 0 Å². The van der Waals surface area contributed by atoms with Gasteiger partial charge in [-0.1, -0.05) is 6.07 Å². The van der Waals surface area contributed by atoms with Crippen molar-refractivity contribution in [3.63, 3.8) is 0 Å². The van der Waals surface area contributed by atoms with Crippen LogP contribution in [-0.2, 0) is 4.74 Å². The molecule has 0 radical (unpaired) electrons. The van der Waals surface area contributed by atoms with Gasteiger partial charge in [-0.25, -0.2) is 4.79 Å². The lowest BCUT2D eigenvalue weighted by atomic mass is 10.1. The van der Waals surface area contributed by atoms with Gasteiger partial charge in [-0.15, -0.1) is 0 Å². The summed E-state index contributed by atoms with van der Waals surface area (Å²) >= 11 is 0. The van der Waals surface area contributed by atoms with Crippen molar-refractivity contribution in [3.8, 4) is 11.8 Å². The first-order chi connectivity index (χ1) is 13.0. The van der Waals surface area contributed by atoms with Gasteiger partial charge < -0.3 is 24.8 Å². The molecular formula is C19H21N5O3. The van der Waals surface area contributed by atoms with Gasteiger partial charge in [-0.3, -0.25) is 4.79 Å². The molecule has 1 aliphatic heterocycles. The third-order valence-electron chi connectivity index (χ3n) is 4.71. The second-order valence-electron chi connectivity index (χ2n) is 6.42. The number of nitrogens with zero attached hydrogens (tertiary/aromatic N) is 4. The Labute approximate surface area is 157 Å². The van der Waals surface area contributed by atoms with Gasteiger partial charge in [-0.05, 0) is 25.2 Å². The summed E-state index contributed by atoms with van der Waals surface area (Å²) in [5, 5.41) is 9.23. The number of esters is 1. The average Bonchev–Trinajstić information content (AvgIpc) is 3.04. The molecule has 8 heteroatoms. The molecule has 1 amide bonds. The number of nitrogen functional groups attached to an aromatic ring is 1. The van der Waals surface area contributed by atoms with E-state index in [4.69, 9.17) is 10.5 Å². The molecule has 2 heterocycles. The zero-order chi connectivity index (χ0) is 19.6. The number of hydrogen-bond acceptors (Lipinski definition) is 6. The number of anilines is 1. The van der Waals surface area contributed by atoms with Crippen molar-refractivity contribution in [3.05, 3.63) is 47.3 Å². The van der Waals surface area contributed by atoms with Crippen LogP contribution in [0.2, 0.25) is 0 Å². The van der Waals surface area contributed by atoms with Gasteiger partial charge in [-0.2, -0.15) is 5.26 Å². The summed E-state index contributed by atoms with van der Waals surface area (Å²) in [6, 6.07) is 8.87. The Hall–Kier alpha value is -3.31. The van der Waals surface area contributed by atoms with E-state index in [0.717, 1.165) is 13.1 Å². The van der Waals surface area contributed by atoms with E-state index in [2.05, 4.69) is 4.90 Å². The number of rotatable bonds is 3. The van der Waals surface area contributed by atoms with Crippen LogP contribution in [0.15, 0.2) is 30.5 Å². The lowest BCUT2D eigenvalue weighted by molar-refractivity contribution is 0.0592. The molecule has 0 unspecified atom stereocenters. The minimum Gasteiger partial charge on any atom is -0.464 e. The largest absolute Gasteiger partial charge is 0.464 e. The van der Waals surface area contributed by atoms with Gasteiger partial charge in [0, 0.05) is 43.6 Å². The predicted octanol–water partition coefficient (Wildman–Crippen LogP) is 1.11. The van der Waals surface area contributed by atoms with E-state index >= 15 is 0 Å². The number of piperazine rings is 1. The Balaban J connectivity index is 1.98. The summed E-state index contributed by atoms with van der Waals surface area (Å²) in [6.45, 7) is 3.00. The van der Waals surface area contributed by atoms with Crippen LogP contribution in [0.5, 0.6) is 0 Å². The molecule has 0 saturated carbocycles. The molecule has 3 rings (SSSR count). The fourth-order valence-electron chi connectivity index (χ4n) is 3.10. The number of aromatic nitrogens is 1. The summed E-state index contributed by atoms with van der Waals surface area (Å²) < 4.78 is 6.28. The molecular weight excluding hydrogens is 346 g/mol. The van der Waals surface area contributed by atoms with Crippen LogP contribution < -0.4 is 5.73 Å². The summed E-state index contributed by atoms with van der Waals surface area (Å²) in [7, 11) is 3.28. The highest BCUT2D eigenvalue weighted by molar-refractivity contribution is 5.97. The van der Waals surface area contributed by atoms with Crippen molar-refractivity contribution < 1.29 is 14.3 Å². The van der Waals surface area contributed by atoms with Crippen LogP contribution >= 0.6 is 0 Å². The molecule has 1 aromatic carbocycles. The number of carbonyl (C=O) groups is 2. The van der Waals surface area contributed by atoms with Crippen molar-refractivity contribution in [2.24, 2.45) is 0 Å². The summed E-state index contributed by atoms with van der Waals surface area (Å²) in [5.74, 6) is -0.713. The topological polar surface area (TPSA) is 105 Å². The second kappa shape index (κ2) is 7.51. The molecule has 1 aromatic heterocycles. The fraction of sp³-hybridized carbons (Fsp3) is 0.316. The quantitative estimate of drug-likeness (QED) is 0.815. The minimum atomic E-state index is -0.648. The van der Waals surface area contributed by atoms with Crippen LogP contribution in [-0.4, -0.2) is 66.6 Å². The van der Waals surface area contributed by atoms with Gasteiger partial charge >= 0.3 is 5.97 Å². The van der Waals surface area contributed by atoms with Gasteiger partial charge in [0.1, 0.15) is 6.07 Å². The maximum atomic E-state index is 12.8. The van der Waals surface area contributed by atoms with E-state index in [-0.39, 0.29) is 22.9 Å². The Morgan fingerprint density at radius 2 is 1.93 bits per heavy atom. The molecule has 2 N–H and O–H groups in total. The summed E-state index contributed by atoms with van der Waals surface area (Å²) in [6.07, 6.45) is 1.47. The van der Waals surface area contributed by atoms with E-state index in [9.17, 15) is 14.9 Å². The van der Waals surface area contributed by atoms with Crippen molar-refractivity contribution >= 4 is 17.6 Å². The predicted molar refractivity (Wildman–Crippen MR) is 99.6 cm³/mol. The van der Waals surface area contributed by atoms with Crippen molar-refractivity contribution in [2.75, 3.05) is 46.1 Å². The van der Waals surface area contributed by atoms with Crippen LogP contribution in [0.3, 0.4) is 0 Å². The van der Waals surface area contributed by atoms with Crippen LogP contribution in [0.25, 0.3) is 5.69 Å². The molecule has 0 aliphatic carbocycles. The minimum absolute atomic E-state index is 0.0557. The first-order valence-electron chi connectivity index (χ1n) is 8.53. The maximum absolute atomic E-state index is 12.8. The third kappa shape index (κ3) is 3.50. The summed E-state index contributed by atoms with van der Waals surface area (Å²) in [4.78, 5) is 29.0.